The van der Waals surface area contributed by atoms with Crippen LogP contribution in [0.1, 0.15) is 11.1 Å². The summed E-state index contributed by atoms with van der Waals surface area (Å²) in [7, 11) is -7.56. The van der Waals surface area contributed by atoms with Gasteiger partial charge >= 0.3 is 11.8 Å². The summed E-state index contributed by atoms with van der Waals surface area (Å²) in [6.45, 7) is 0.205. The number of benzene rings is 2. The zero-order valence-electron chi connectivity index (χ0n) is 15.2. The SMILES string of the molecule is NS(=O)(=O)c1ccc(CCNC(=O)C(=O)NCc2ccc(S(N)(=O)=O)cc2)cc1. The molecule has 0 aliphatic rings. The highest BCUT2D eigenvalue weighted by Gasteiger charge is 2.13. The quantitative estimate of drug-likeness (QED) is 0.399. The van der Waals surface area contributed by atoms with E-state index >= 15 is 0 Å². The van der Waals surface area contributed by atoms with Crippen LogP contribution in [0.4, 0.5) is 0 Å². The number of hydrogen-bond acceptors (Lipinski definition) is 6. The Balaban J connectivity index is 1.78. The first-order valence-electron chi connectivity index (χ1n) is 8.26. The molecule has 2 amide bonds. The lowest BCUT2D eigenvalue weighted by Gasteiger charge is -2.08. The minimum atomic E-state index is -3.79. The minimum absolute atomic E-state index is 0.0123. The van der Waals surface area contributed by atoms with Crippen LogP contribution in [-0.4, -0.2) is 35.2 Å². The van der Waals surface area contributed by atoms with Gasteiger partial charge in [0.1, 0.15) is 0 Å². The van der Waals surface area contributed by atoms with E-state index in [4.69, 9.17) is 10.3 Å². The zero-order valence-corrected chi connectivity index (χ0v) is 16.8. The van der Waals surface area contributed by atoms with E-state index in [-0.39, 0.29) is 22.9 Å². The molecular formula is C17H20N4O6S2. The van der Waals surface area contributed by atoms with Gasteiger partial charge in [-0.3, -0.25) is 9.59 Å². The van der Waals surface area contributed by atoms with E-state index < -0.39 is 31.9 Å². The summed E-state index contributed by atoms with van der Waals surface area (Å²) in [5, 5.41) is 14.9. The topological polar surface area (TPSA) is 179 Å². The Hall–Kier alpha value is -2.80. The first-order valence-corrected chi connectivity index (χ1v) is 11.4. The average Bonchev–Trinajstić information content (AvgIpc) is 2.65. The average molecular weight is 441 g/mol. The molecule has 10 nitrogen and oxygen atoms in total. The summed E-state index contributed by atoms with van der Waals surface area (Å²) >= 11 is 0. The lowest BCUT2D eigenvalue weighted by atomic mass is 10.1. The number of nitrogens with two attached hydrogens (primary N) is 2. The number of primary sulfonamides is 2. The van der Waals surface area contributed by atoms with Gasteiger partial charge in [-0.1, -0.05) is 24.3 Å². The van der Waals surface area contributed by atoms with Crippen molar-refractivity contribution in [2.24, 2.45) is 10.3 Å². The van der Waals surface area contributed by atoms with E-state index in [0.29, 0.717) is 12.0 Å². The van der Waals surface area contributed by atoms with Gasteiger partial charge in [0.25, 0.3) is 0 Å². The summed E-state index contributed by atoms with van der Waals surface area (Å²) in [4.78, 5) is 23.6. The third-order valence-corrected chi connectivity index (χ3v) is 5.72. The second kappa shape index (κ2) is 9.13. The molecule has 0 saturated heterocycles. The number of nitrogens with one attached hydrogen (secondary N) is 2. The lowest BCUT2D eigenvalue weighted by molar-refractivity contribution is -0.139. The van der Waals surface area contributed by atoms with Crippen LogP contribution in [-0.2, 0) is 42.6 Å². The fourth-order valence-electron chi connectivity index (χ4n) is 2.31. The van der Waals surface area contributed by atoms with Gasteiger partial charge in [-0.05, 0) is 41.8 Å². The Morgan fingerprint density at radius 3 is 1.55 bits per heavy atom. The van der Waals surface area contributed by atoms with E-state index in [0.717, 1.165) is 5.56 Å². The van der Waals surface area contributed by atoms with Gasteiger partial charge < -0.3 is 10.6 Å². The Bertz CT molecular complexity index is 1100. The van der Waals surface area contributed by atoms with Gasteiger partial charge in [0, 0.05) is 13.1 Å². The van der Waals surface area contributed by atoms with Crippen molar-refractivity contribution in [1.82, 2.24) is 10.6 Å². The molecule has 0 heterocycles. The summed E-state index contributed by atoms with van der Waals surface area (Å²) in [6, 6.07) is 11.4. The summed E-state index contributed by atoms with van der Waals surface area (Å²) in [6.07, 6.45) is 0.388. The highest BCUT2D eigenvalue weighted by atomic mass is 32.2. The number of carbonyl (C=O) groups excluding carboxylic acids is 2. The maximum atomic E-state index is 11.8. The van der Waals surface area contributed by atoms with Crippen molar-refractivity contribution in [3.05, 3.63) is 59.7 Å². The Morgan fingerprint density at radius 1 is 0.690 bits per heavy atom. The third kappa shape index (κ3) is 6.94. The number of sulfonamides is 2. The molecule has 0 aliphatic heterocycles. The predicted octanol–water partition coefficient (Wildman–Crippen LogP) is -1.04. The Morgan fingerprint density at radius 2 is 1.10 bits per heavy atom. The van der Waals surface area contributed by atoms with Crippen LogP contribution < -0.4 is 20.9 Å². The lowest BCUT2D eigenvalue weighted by Crippen LogP contribution is -2.40. The fraction of sp³-hybridized carbons (Fsp3) is 0.176. The fourth-order valence-corrected chi connectivity index (χ4v) is 3.34. The summed E-state index contributed by atoms with van der Waals surface area (Å²) < 4.78 is 44.8. The van der Waals surface area contributed by atoms with Crippen molar-refractivity contribution < 1.29 is 26.4 Å². The van der Waals surface area contributed by atoms with Crippen molar-refractivity contribution in [3.8, 4) is 0 Å². The number of rotatable bonds is 7. The highest BCUT2D eigenvalue weighted by Crippen LogP contribution is 2.09. The summed E-state index contributed by atoms with van der Waals surface area (Å²) in [5.41, 5.74) is 1.35. The molecule has 0 unspecified atom stereocenters. The minimum Gasteiger partial charge on any atom is -0.348 e. The number of hydrogen-bond donors (Lipinski definition) is 4. The monoisotopic (exact) mass is 440 g/mol. The first kappa shape index (κ1) is 22.5. The number of amides is 2. The van der Waals surface area contributed by atoms with Crippen molar-refractivity contribution in [1.29, 1.82) is 0 Å². The number of carbonyl (C=O) groups is 2. The van der Waals surface area contributed by atoms with Gasteiger partial charge in [0.2, 0.25) is 20.0 Å². The molecule has 0 bridgehead atoms. The molecule has 0 saturated carbocycles. The Kier molecular flexibility index (Phi) is 7.08. The molecule has 2 aromatic carbocycles. The van der Waals surface area contributed by atoms with Crippen LogP contribution in [0.3, 0.4) is 0 Å². The van der Waals surface area contributed by atoms with Crippen LogP contribution in [0.15, 0.2) is 58.3 Å². The van der Waals surface area contributed by atoms with E-state index in [1.54, 1.807) is 12.1 Å². The van der Waals surface area contributed by atoms with Gasteiger partial charge in [0.15, 0.2) is 0 Å². The zero-order chi connectivity index (χ0) is 21.7. The molecule has 0 fully saturated rings. The van der Waals surface area contributed by atoms with Crippen LogP contribution in [0.5, 0.6) is 0 Å². The second-order valence-electron chi connectivity index (χ2n) is 6.07. The molecule has 6 N–H and O–H groups in total. The van der Waals surface area contributed by atoms with E-state index in [1.807, 2.05) is 0 Å². The van der Waals surface area contributed by atoms with Crippen LogP contribution >= 0.6 is 0 Å². The van der Waals surface area contributed by atoms with E-state index in [2.05, 4.69) is 10.6 Å². The Labute approximate surface area is 168 Å². The molecule has 29 heavy (non-hydrogen) atoms. The molecule has 0 atom stereocenters. The highest BCUT2D eigenvalue weighted by molar-refractivity contribution is 7.89. The van der Waals surface area contributed by atoms with E-state index in [9.17, 15) is 26.4 Å². The molecular weight excluding hydrogens is 420 g/mol. The molecule has 0 radical (unpaired) electrons. The standard InChI is InChI=1S/C17H20N4O6S2/c18-28(24,25)14-5-1-12(2-6-14)9-10-20-16(22)17(23)21-11-13-3-7-15(8-4-13)29(19,26)27/h1-8H,9-11H2,(H,20,22)(H,21,23)(H2,18,24,25)(H2,19,26,27). The van der Waals surface area contributed by atoms with Gasteiger partial charge in [-0.15, -0.1) is 0 Å². The van der Waals surface area contributed by atoms with Crippen LogP contribution in [0.25, 0.3) is 0 Å². The van der Waals surface area contributed by atoms with Crippen molar-refractivity contribution in [2.75, 3.05) is 6.54 Å². The van der Waals surface area contributed by atoms with Crippen molar-refractivity contribution in [3.63, 3.8) is 0 Å². The molecule has 0 aliphatic carbocycles. The smallest absolute Gasteiger partial charge is 0.309 e. The maximum absolute atomic E-state index is 11.8. The van der Waals surface area contributed by atoms with Crippen molar-refractivity contribution >= 4 is 31.9 Å². The molecule has 12 heteroatoms. The van der Waals surface area contributed by atoms with Crippen LogP contribution in [0, 0.1) is 0 Å². The molecule has 2 aromatic rings. The van der Waals surface area contributed by atoms with E-state index in [1.165, 1.54) is 36.4 Å². The largest absolute Gasteiger partial charge is 0.348 e. The predicted molar refractivity (Wildman–Crippen MR) is 104 cm³/mol. The molecule has 0 aromatic heterocycles. The molecule has 156 valence electrons. The van der Waals surface area contributed by atoms with Gasteiger partial charge in [-0.25, -0.2) is 27.1 Å². The normalized spacial score (nSPS) is 11.7. The van der Waals surface area contributed by atoms with Crippen molar-refractivity contribution in [2.45, 2.75) is 22.8 Å². The molecule has 0 spiro atoms. The van der Waals surface area contributed by atoms with Crippen LogP contribution in [0.2, 0.25) is 0 Å². The van der Waals surface area contributed by atoms with Gasteiger partial charge in [-0.2, -0.15) is 0 Å². The van der Waals surface area contributed by atoms with Gasteiger partial charge in [0.05, 0.1) is 9.79 Å². The first-order chi connectivity index (χ1) is 13.5. The second-order valence-corrected chi connectivity index (χ2v) is 9.19. The molecule has 2 rings (SSSR count). The summed E-state index contributed by atoms with van der Waals surface area (Å²) in [5.74, 6) is -1.67. The maximum Gasteiger partial charge on any atom is 0.309 e. The third-order valence-electron chi connectivity index (χ3n) is 3.86.